The van der Waals surface area contributed by atoms with Crippen LogP contribution in [0, 0.1) is 0 Å². The fourth-order valence-electron chi connectivity index (χ4n) is 0.573. The summed E-state index contributed by atoms with van der Waals surface area (Å²) in [7, 11) is 0. The molecular formula is C5H7ClN2O. The molecule has 0 amide bonds. The number of amidine groups is 1. The van der Waals surface area contributed by atoms with Crippen molar-refractivity contribution in [2.45, 2.75) is 12.1 Å². The molecule has 0 radical (unpaired) electrons. The smallest absolute Gasteiger partial charge is 0.257 e. The Labute approximate surface area is 58.0 Å². The Bertz CT molecular complexity index is 174. The van der Waals surface area contributed by atoms with Gasteiger partial charge in [0.2, 0.25) is 0 Å². The molecule has 0 fully saturated rings. The summed E-state index contributed by atoms with van der Waals surface area (Å²) in [5.41, 5.74) is 0. The maximum atomic E-state index is 9.00. The number of halogens is 1. The second-order valence-electron chi connectivity index (χ2n) is 1.81. The fourth-order valence-corrected chi connectivity index (χ4v) is 0.763. The molecule has 0 spiro atoms. The first-order valence-corrected chi connectivity index (χ1v) is 2.90. The minimum Gasteiger partial charge on any atom is -0.354 e. The average molecular weight is 147 g/mol. The summed E-state index contributed by atoms with van der Waals surface area (Å²) < 4.78 is 0. The van der Waals surface area contributed by atoms with E-state index in [4.69, 9.17) is 16.7 Å². The van der Waals surface area contributed by atoms with E-state index in [0.717, 1.165) is 0 Å². The van der Waals surface area contributed by atoms with Crippen molar-refractivity contribution in [1.82, 2.24) is 5.32 Å². The molecule has 1 heterocycles. The number of aliphatic hydroxyl groups is 1. The predicted octanol–water partition coefficient (Wildman–Crippen LogP) is 0.407. The maximum absolute atomic E-state index is 9.00. The van der Waals surface area contributed by atoms with Gasteiger partial charge in [-0.05, 0) is 6.92 Å². The lowest BCUT2D eigenvalue weighted by Gasteiger charge is -2.16. The van der Waals surface area contributed by atoms with Gasteiger partial charge in [0, 0.05) is 12.3 Å². The summed E-state index contributed by atoms with van der Waals surface area (Å²) in [6.45, 7) is 1.72. The molecule has 0 saturated heterocycles. The molecule has 1 rings (SSSR count). The summed E-state index contributed by atoms with van der Waals surface area (Å²) in [6, 6.07) is 0. The normalized spacial score (nSPS) is 33.4. The molecule has 9 heavy (non-hydrogen) atoms. The van der Waals surface area contributed by atoms with Crippen molar-refractivity contribution in [2.24, 2.45) is 4.99 Å². The third kappa shape index (κ3) is 1.69. The van der Waals surface area contributed by atoms with Crippen LogP contribution < -0.4 is 5.32 Å². The van der Waals surface area contributed by atoms with E-state index in [1.54, 1.807) is 13.1 Å². The van der Waals surface area contributed by atoms with Gasteiger partial charge in [-0.25, -0.2) is 4.99 Å². The highest BCUT2D eigenvalue weighted by Gasteiger charge is 2.19. The second kappa shape index (κ2) is 2.01. The highest BCUT2D eigenvalue weighted by Crippen LogP contribution is 2.15. The van der Waals surface area contributed by atoms with Gasteiger partial charge in [-0.3, -0.25) is 0 Å². The molecule has 1 atom stereocenters. The molecule has 0 aromatic heterocycles. The Kier molecular flexibility index (Phi) is 1.47. The van der Waals surface area contributed by atoms with Gasteiger partial charge in [0.15, 0.2) is 0 Å². The molecule has 0 aromatic rings. The third-order valence-corrected chi connectivity index (χ3v) is 1.12. The van der Waals surface area contributed by atoms with E-state index in [-0.39, 0.29) is 0 Å². The van der Waals surface area contributed by atoms with Gasteiger partial charge < -0.3 is 10.4 Å². The number of nitrogens with one attached hydrogen (secondary N) is 1. The topological polar surface area (TPSA) is 44.6 Å². The van der Waals surface area contributed by atoms with Crippen molar-refractivity contribution in [3.05, 3.63) is 12.3 Å². The van der Waals surface area contributed by atoms with Crippen molar-refractivity contribution in [3.8, 4) is 0 Å². The van der Waals surface area contributed by atoms with Crippen molar-refractivity contribution >= 4 is 17.4 Å². The lowest BCUT2D eigenvalue weighted by molar-refractivity contribution is 0.187. The molecule has 1 unspecified atom stereocenters. The van der Waals surface area contributed by atoms with Crippen molar-refractivity contribution in [3.63, 3.8) is 0 Å². The summed E-state index contributed by atoms with van der Waals surface area (Å²) >= 11 is 5.41. The van der Waals surface area contributed by atoms with Gasteiger partial charge in [-0.1, -0.05) is 11.6 Å². The zero-order chi connectivity index (χ0) is 6.91. The minimum absolute atomic E-state index is 0.606. The maximum Gasteiger partial charge on any atom is 0.257 e. The largest absolute Gasteiger partial charge is 0.354 e. The van der Waals surface area contributed by atoms with Crippen LogP contribution in [0.4, 0.5) is 0 Å². The summed E-state index contributed by atoms with van der Waals surface area (Å²) in [5, 5.41) is 10.2. The second-order valence-corrected chi connectivity index (χ2v) is 2.37. The molecule has 0 bridgehead atoms. The average Bonchev–Trinajstić information content (AvgIpc) is 1.60. The first-order valence-electron chi connectivity index (χ1n) is 2.52. The van der Waals surface area contributed by atoms with Crippen LogP contribution in [-0.4, -0.2) is 16.1 Å². The first-order chi connectivity index (χ1) is 4.10. The number of nitrogens with zero attached hydrogens (tertiary/aromatic N) is 1. The monoisotopic (exact) mass is 146 g/mol. The van der Waals surface area contributed by atoms with Crippen LogP contribution in [0.1, 0.15) is 6.92 Å². The number of aliphatic imine (C=N–C) groups is 1. The van der Waals surface area contributed by atoms with Crippen LogP contribution in [0.5, 0.6) is 0 Å². The van der Waals surface area contributed by atoms with Gasteiger partial charge in [-0.15, -0.1) is 0 Å². The van der Waals surface area contributed by atoms with Gasteiger partial charge >= 0.3 is 0 Å². The van der Waals surface area contributed by atoms with Crippen molar-refractivity contribution in [1.29, 1.82) is 0 Å². The molecule has 0 aliphatic carbocycles. The molecule has 1 aliphatic rings. The summed E-state index contributed by atoms with van der Waals surface area (Å²) in [6.07, 6.45) is 2.91. The van der Waals surface area contributed by atoms with Crippen LogP contribution in [0.25, 0.3) is 0 Å². The zero-order valence-electron chi connectivity index (χ0n) is 4.93. The Balaban J connectivity index is 2.78. The van der Waals surface area contributed by atoms with E-state index in [9.17, 15) is 0 Å². The molecule has 1 aliphatic heterocycles. The number of alkyl halides is 1. The summed E-state index contributed by atoms with van der Waals surface area (Å²) in [4.78, 5) is 3.65. The van der Waals surface area contributed by atoms with E-state index in [0.29, 0.717) is 5.84 Å². The Morgan fingerprint density at radius 3 is 2.89 bits per heavy atom. The van der Waals surface area contributed by atoms with Crippen LogP contribution in [0.2, 0.25) is 0 Å². The molecule has 0 saturated carbocycles. The van der Waals surface area contributed by atoms with E-state index in [1.807, 2.05) is 0 Å². The molecular weight excluding hydrogens is 140 g/mol. The summed E-state index contributed by atoms with van der Waals surface area (Å²) in [5.74, 6) is 0.606. The van der Waals surface area contributed by atoms with Gasteiger partial charge in [0.05, 0.1) is 0 Å². The van der Waals surface area contributed by atoms with Crippen LogP contribution in [0.3, 0.4) is 0 Å². The van der Waals surface area contributed by atoms with Crippen molar-refractivity contribution in [2.75, 3.05) is 0 Å². The SMILES string of the molecule is CC1=NC(O)(Cl)C=CN1. The first kappa shape index (κ1) is 6.58. The number of hydrogen-bond donors (Lipinski definition) is 2. The van der Waals surface area contributed by atoms with Crippen LogP contribution in [-0.2, 0) is 0 Å². The van der Waals surface area contributed by atoms with E-state index in [1.165, 1.54) is 6.08 Å². The van der Waals surface area contributed by atoms with Crippen LogP contribution >= 0.6 is 11.6 Å². The van der Waals surface area contributed by atoms with Gasteiger partial charge in [-0.2, -0.15) is 0 Å². The van der Waals surface area contributed by atoms with Crippen LogP contribution in [0.15, 0.2) is 17.3 Å². The number of rotatable bonds is 0. The molecule has 3 nitrogen and oxygen atoms in total. The highest BCUT2D eigenvalue weighted by atomic mass is 35.5. The quantitative estimate of drug-likeness (QED) is 0.384. The zero-order valence-corrected chi connectivity index (χ0v) is 5.68. The molecule has 4 heteroatoms. The standard InChI is InChI=1S/C5H7ClN2O/c1-4-7-3-2-5(6,9)8-4/h2-3,9H,1H3,(H,7,8). The van der Waals surface area contributed by atoms with Gasteiger partial charge in [0.1, 0.15) is 5.84 Å². The Hall–Kier alpha value is -0.540. The molecule has 0 aromatic carbocycles. The minimum atomic E-state index is -1.53. The van der Waals surface area contributed by atoms with Gasteiger partial charge in [0.25, 0.3) is 5.18 Å². The lowest BCUT2D eigenvalue weighted by atomic mass is 10.4. The third-order valence-electron chi connectivity index (χ3n) is 0.912. The Morgan fingerprint density at radius 2 is 2.56 bits per heavy atom. The molecule has 50 valence electrons. The van der Waals surface area contributed by atoms with E-state index < -0.39 is 5.18 Å². The highest BCUT2D eigenvalue weighted by molar-refractivity contribution is 6.24. The molecule has 2 N–H and O–H groups in total. The lowest BCUT2D eigenvalue weighted by Crippen LogP contribution is -2.27. The van der Waals surface area contributed by atoms with Crippen molar-refractivity contribution < 1.29 is 5.11 Å². The predicted molar refractivity (Wildman–Crippen MR) is 36.2 cm³/mol. The fraction of sp³-hybridized carbons (Fsp3) is 0.400. The number of hydrogen-bond acceptors (Lipinski definition) is 3. The Morgan fingerprint density at radius 1 is 1.89 bits per heavy atom. The van der Waals surface area contributed by atoms with E-state index >= 15 is 0 Å². The van der Waals surface area contributed by atoms with E-state index in [2.05, 4.69) is 10.3 Å².